The molecule has 1 amide bonds. The number of hydrogen-bond donors (Lipinski definition) is 1. The molecule has 2 aromatic heterocycles. The average molecular weight is 371 g/mol. The van der Waals surface area contributed by atoms with Crippen LogP contribution in [0.15, 0.2) is 53.4 Å². The van der Waals surface area contributed by atoms with E-state index in [0.29, 0.717) is 35.9 Å². The van der Waals surface area contributed by atoms with Crippen molar-refractivity contribution in [2.45, 2.75) is 6.61 Å². The highest BCUT2D eigenvalue weighted by molar-refractivity contribution is 5.93. The van der Waals surface area contributed by atoms with Gasteiger partial charge in [-0.15, -0.1) is 0 Å². The Hall–Kier alpha value is -3.26. The monoisotopic (exact) mass is 371 g/mol. The van der Waals surface area contributed by atoms with Crippen molar-refractivity contribution >= 4 is 5.91 Å². The third-order valence-corrected chi connectivity index (χ3v) is 3.73. The molecule has 0 spiro atoms. The Morgan fingerprint density at radius 1 is 1.22 bits per heavy atom. The number of ether oxygens (including phenoxy) is 2. The molecule has 0 aliphatic heterocycles. The molecule has 0 atom stereocenters. The Bertz CT molecular complexity index is 879. The fraction of sp³-hybridized carbons (Fsp3) is 0.211. The van der Waals surface area contributed by atoms with E-state index in [2.05, 4.69) is 15.5 Å². The summed E-state index contributed by atoms with van der Waals surface area (Å²) >= 11 is 0. The summed E-state index contributed by atoms with van der Waals surface area (Å²) in [6.45, 7) is 1.03. The molecule has 1 aromatic carbocycles. The van der Waals surface area contributed by atoms with Crippen molar-refractivity contribution in [1.82, 2.24) is 15.5 Å². The zero-order chi connectivity index (χ0) is 19.1. The van der Waals surface area contributed by atoms with Crippen LogP contribution in [0.1, 0.15) is 15.9 Å². The quantitative estimate of drug-likeness (QED) is 0.613. The minimum Gasteiger partial charge on any atom is -0.473 e. The van der Waals surface area contributed by atoms with Crippen molar-refractivity contribution in [2.75, 3.05) is 20.3 Å². The van der Waals surface area contributed by atoms with E-state index in [4.69, 9.17) is 14.0 Å². The van der Waals surface area contributed by atoms with Crippen LogP contribution in [0.5, 0.6) is 5.88 Å². The van der Waals surface area contributed by atoms with Crippen LogP contribution in [-0.4, -0.2) is 36.3 Å². The van der Waals surface area contributed by atoms with Gasteiger partial charge in [-0.25, -0.2) is 9.37 Å². The van der Waals surface area contributed by atoms with Crippen molar-refractivity contribution in [2.24, 2.45) is 0 Å². The lowest BCUT2D eigenvalue weighted by Gasteiger charge is -2.07. The van der Waals surface area contributed by atoms with Gasteiger partial charge in [0.05, 0.1) is 17.7 Å². The average Bonchev–Trinajstić information content (AvgIpc) is 3.16. The second-order valence-corrected chi connectivity index (χ2v) is 5.62. The summed E-state index contributed by atoms with van der Waals surface area (Å²) < 4.78 is 28.6. The van der Waals surface area contributed by atoms with E-state index in [1.165, 1.54) is 24.6 Å². The summed E-state index contributed by atoms with van der Waals surface area (Å²) in [4.78, 5) is 16.0. The van der Waals surface area contributed by atoms with Crippen molar-refractivity contribution in [3.8, 4) is 17.1 Å². The third kappa shape index (κ3) is 4.89. The number of aromatic nitrogens is 2. The Balaban J connectivity index is 1.60. The maximum atomic E-state index is 13.1. The molecule has 2 heterocycles. The predicted octanol–water partition coefficient (Wildman–Crippen LogP) is 2.83. The minimum atomic E-state index is -0.324. The van der Waals surface area contributed by atoms with Crippen molar-refractivity contribution in [3.05, 3.63) is 65.8 Å². The Labute approximate surface area is 155 Å². The van der Waals surface area contributed by atoms with Crippen LogP contribution in [0.3, 0.4) is 0 Å². The van der Waals surface area contributed by atoms with Gasteiger partial charge in [0.2, 0.25) is 5.88 Å². The molecule has 7 nitrogen and oxygen atoms in total. The van der Waals surface area contributed by atoms with E-state index in [9.17, 15) is 9.18 Å². The van der Waals surface area contributed by atoms with Gasteiger partial charge >= 0.3 is 0 Å². The first-order valence-electron chi connectivity index (χ1n) is 8.22. The molecular formula is C19H18FN3O4. The molecule has 140 valence electrons. The number of methoxy groups -OCH3 is 1. The second-order valence-electron chi connectivity index (χ2n) is 5.62. The molecule has 3 aromatic rings. The Kier molecular flexibility index (Phi) is 6.11. The van der Waals surface area contributed by atoms with Crippen LogP contribution < -0.4 is 10.1 Å². The third-order valence-electron chi connectivity index (χ3n) is 3.73. The molecule has 0 radical (unpaired) electrons. The zero-order valence-electron chi connectivity index (χ0n) is 14.6. The molecule has 1 N–H and O–H groups in total. The van der Waals surface area contributed by atoms with Gasteiger partial charge in [-0.2, -0.15) is 0 Å². The summed E-state index contributed by atoms with van der Waals surface area (Å²) in [7, 11) is 1.57. The number of carbonyl (C=O) groups is 1. The molecule has 0 bridgehead atoms. The van der Waals surface area contributed by atoms with Crippen molar-refractivity contribution in [1.29, 1.82) is 0 Å². The Morgan fingerprint density at radius 2 is 2.04 bits per heavy atom. The van der Waals surface area contributed by atoms with Crippen LogP contribution in [0.2, 0.25) is 0 Å². The largest absolute Gasteiger partial charge is 0.473 e. The molecule has 8 heteroatoms. The van der Waals surface area contributed by atoms with Crippen molar-refractivity contribution < 1.29 is 23.2 Å². The highest BCUT2D eigenvalue weighted by Crippen LogP contribution is 2.23. The lowest BCUT2D eigenvalue weighted by molar-refractivity contribution is 0.0936. The lowest BCUT2D eigenvalue weighted by Crippen LogP contribution is -2.26. The van der Waals surface area contributed by atoms with Crippen LogP contribution in [0, 0.1) is 5.82 Å². The maximum Gasteiger partial charge on any atom is 0.252 e. The summed E-state index contributed by atoms with van der Waals surface area (Å²) in [5, 5.41) is 6.65. The smallest absolute Gasteiger partial charge is 0.252 e. The summed E-state index contributed by atoms with van der Waals surface area (Å²) in [6.07, 6.45) is 2.91. The van der Waals surface area contributed by atoms with Crippen molar-refractivity contribution in [3.63, 3.8) is 0 Å². The first-order valence-corrected chi connectivity index (χ1v) is 8.22. The second kappa shape index (κ2) is 8.91. The highest BCUT2D eigenvalue weighted by atomic mass is 19.1. The van der Waals surface area contributed by atoms with E-state index < -0.39 is 0 Å². The van der Waals surface area contributed by atoms with Gasteiger partial charge in [-0.3, -0.25) is 4.79 Å². The lowest BCUT2D eigenvalue weighted by atomic mass is 10.1. The van der Waals surface area contributed by atoms with Gasteiger partial charge in [0.15, 0.2) is 0 Å². The summed E-state index contributed by atoms with van der Waals surface area (Å²) in [5.41, 5.74) is 2.42. The number of benzene rings is 1. The van der Waals surface area contributed by atoms with E-state index in [1.807, 2.05) is 0 Å². The van der Waals surface area contributed by atoms with Crippen LogP contribution >= 0.6 is 0 Å². The van der Waals surface area contributed by atoms with Gasteiger partial charge in [-0.05, 0) is 30.3 Å². The molecule has 27 heavy (non-hydrogen) atoms. The Morgan fingerprint density at radius 3 is 2.74 bits per heavy atom. The number of nitrogens with one attached hydrogen (secondary N) is 1. The highest BCUT2D eigenvalue weighted by Gasteiger charge is 2.12. The molecule has 0 fully saturated rings. The standard InChI is InChI=1S/C19H18FN3O4/c1-25-9-8-21-19(24)14-4-7-17(22-10-14)26-11-15-12-27-23-18(15)13-2-5-16(20)6-3-13/h2-7,10,12H,8-9,11H2,1H3,(H,21,24). The minimum absolute atomic E-state index is 0.169. The zero-order valence-corrected chi connectivity index (χ0v) is 14.6. The summed E-state index contributed by atoms with van der Waals surface area (Å²) in [6, 6.07) is 9.17. The van der Waals surface area contributed by atoms with E-state index >= 15 is 0 Å². The maximum absolute atomic E-state index is 13.1. The number of hydrogen-bond acceptors (Lipinski definition) is 6. The number of amides is 1. The van der Waals surface area contributed by atoms with Crippen LogP contribution in [-0.2, 0) is 11.3 Å². The van der Waals surface area contributed by atoms with Gasteiger partial charge in [0, 0.05) is 31.5 Å². The van der Waals surface area contributed by atoms with Gasteiger partial charge in [-0.1, -0.05) is 5.16 Å². The number of halogens is 1. The van der Waals surface area contributed by atoms with E-state index in [-0.39, 0.29) is 18.3 Å². The van der Waals surface area contributed by atoms with E-state index in [0.717, 1.165) is 5.56 Å². The molecule has 0 saturated heterocycles. The fourth-order valence-corrected chi connectivity index (χ4v) is 2.33. The molecule has 0 unspecified atom stereocenters. The number of nitrogens with zero attached hydrogens (tertiary/aromatic N) is 2. The first kappa shape index (κ1) is 18.5. The molecule has 0 saturated carbocycles. The van der Waals surface area contributed by atoms with Gasteiger partial charge in [0.25, 0.3) is 5.91 Å². The number of rotatable bonds is 8. The van der Waals surface area contributed by atoms with Crippen LogP contribution in [0.25, 0.3) is 11.3 Å². The molecule has 3 rings (SSSR count). The number of pyridine rings is 1. The van der Waals surface area contributed by atoms with Gasteiger partial charge in [0.1, 0.15) is 24.4 Å². The van der Waals surface area contributed by atoms with E-state index in [1.54, 1.807) is 31.4 Å². The molecule has 0 aliphatic carbocycles. The molecular weight excluding hydrogens is 353 g/mol. The summed E-state index contributed by atoms with van der Waals surface area (Å²) in [5.74, 6) is -0.200. The normalized spacial score (nSPS) is 10.6. The van der Waals surface area contributed by atoms with Gasteiger partial charge < -0.3 is 19.3 Å². The first-order chi connectivity index (χ1) is 13.2. The molecule has 0 aliphatic rings. The topological polar surface area (TPSA) is 86.5 Å². The number of carbonyl (C=O) groups excluding carboxylic acids is 1. The fourth-order valence-electron chi connectivity index (χ4n) is 2.33. The predicted molar refractivity (Wildman–Crippen MR) is 94.7 cm³/mol. The SMILES string of the molecule is COCCNC(=O)c1ccc(OCc2conc2-c2ccc(F)cc2)nc1. The van der Waals surface area contributed by atoms with Crippen LogP contribution in [0.4, 0.5) is 4.39 Å².